The maximum Gasteiger partial charge on any atom is 0.271 e. The molecule has 0 spiro atoms. The number of carbonyl (C=O) groups excluding carboxylic acids is 1. The lowest BCUT2D eigenvalue weighted by atomic mass is 9.95. The molecule has 2 heterocycles. The summed E-state index contributed by atoms with van der Waals surface area (Å²) in [5.74, 6) is 1.01. The molecule has 11 heteroatoms. The molecular formula is C38H31ClN4O5S. The van der Waals surface area contributed by atoms with Crippen molar-refractivity contribution >= 4 is 40.6 Å². The summed E-state index contributed by atoms with van der Waals surface area (Å²) < 4.78 is 19.2. The first kappa shape index (κ1) is 33.3. The topological polar surface area (TPSA) is 115 Å². The zero-order valence-electron chi connectivity index (χ0n) is 26.9. The Kier molecular flexibility index (Phi) is 9.95. The van der Waals surface area contributed by atoms with Crippen LogP contribution in [0.15, 0.2) is 112 Å². The van der Waals surface area contributed by atoms with E-state index in [0.29, 0.717) is 66.8 Å². The van der Waals surface area contributed by atoms with Gasteiger partial charge in [0.1, 0.15) is 12.4 Å². The van der Waals surface area contributed by atoms with Crippen LogP contribution in [0.2, 0.25) is 5.02 Å². The third-order valence-corrected chi connectivity index (χ3v) is 9.13. The molecule has 1 aliphatic heterocycles. The van der Waals surface area contributed by atoms with Gasteiger partial charge in [0, 0.05) is 11.3 Å². The lowest BCUT2D eigenvalue weighted by Crippen LogP contribution is -2.40. The first-order chi connectivity index (χ1) is 23.8. The highest BCUT2D eigenvalue weighted by molar-refractivity contribution is 7.07. The number of ether oxygens (including phenoxy) is 3. The van der Waals surface area contributed by atoms with Crippen LogP contribution in [0.4, 0.5) is 5.69 Å². The number of methoxy groups -OCH3 is 1. The van der Waals surface area contributed by atoms with Gasteiger partial charge >= 0.3 is 0 Å². The Labute approximate surface area is 291 Å². The minimum atomic E-state index is -0.747. The third kappa shape index (κ3) is 6.99. The zero-order valence-corrected chi connectivity index (χ0v) is 28.5. The Morgan fingerprint density at radius 1 is 1.06 bits per heavy atom. The molecule has 4 aromatic carbocycles. The molecule has 0 saturated heterocycles. The Hall–Kier alpha value is -5.63. The predicted octanol–water partition coefficient (Wildman–Crippen LogP) is 6.39. The molecule has 1 aliphatic rings. The van der Waals surface area contributed by atoms with Crippen molar-refractivity contribution in [2.75, 3.05) is 19.0 Å². The number of aromatic nitrogens is 1. The minimum absolute atomic E-state index is 0.114. The number of allylic oxidation sites excluding steroid dienone is 1. The molecule has 0 bridgehead atoms. The summed E-state index contributed by atoms with van der Waals surface area (Å²) in [6.07, 6.45) is 1.71. The second-order valence-corrected chi connectivity index (χ2v) is 12.4. The van der Waals surface area contributed by atoms with E-state index in [1.165, 1.54) is 18.4 Å². The van der Waals surface area contributed by atoms with E-state index in [1.54, 1.807) is 54.0 Å². The number of para-hydroxylation sites is 1. The van der Waals surface area contributed by atoms with Crippen LogP contribution in [0.25, 0.3) is 6.08 Å². The third-order valence-electron chi connectivity index (χ3n) is 7.86. The Morgan fingerprint density at radius 2 is 1.80 bits per heavy atom. The van der Waals surface area contributed by atoms with Gasteiger partial charge < -0.3 is 19.5 Å². The van der Waals surface area contributed by atoms with Crippen molar-refractivity contribution < 1.29 is 19.0 Å². The maximum atomic E-state index is 14.2. The van der Waals surface area contributed by atoms with Gasteiger partial charge in [0.25, 0.3) is 11.5 Å². The number of anilines is 1. The molecule has 1 amide bonds. The smallest absolute Gasteiger partial charge is 0.271 e. The highest BCUT2D eigenvalue weighted by atomic mass is 35.5. The standard InChI is InChI=1S/C38H31ClN4O5S/c1-4-47-29-16-14-25(15-17-29)34-33(36(44)42-28-12-6-5-7-13-28)23(2)41-38-43(34)37(45)32(49-38)20-24-18-30(39)35(31(19-24)46-3)48-22-27-11-9-8-10-26(27)21-40/h5-20,34H,4,22H2,1-3H3,(H,42,44)/b32-20-/t34-/m0/s1. The Balaban J connectivity index is 1.40. The molecule has 246 valence electrons. The second kappa shape index (κ2) is 14.6. The molecule has 0 aliphatic carbocycles. The number of nitrogens with one attached hydrogen (secondary N) is 1. The van der Waals surface area contributed by atoms with Gasteiger partial charge in [0.05, 0.1) is 52.2 Å². The lowest BCUT2D eigenvalue weighted by Gasteiger charge is -2.25. The summed E-state index contributed by atoms with van der Waals surface area (Å²) >= 11 is 7.90. The first-order valence-electron chi connectivity index (χ1n) is 15.4. The average molecular weight is 691 g/mol. The van der Waals surface area contributed by atoms with Crippen LogP contribution in [0, 0.1) is 11.3 Å². The van der Waals surface area contributed by atoms with E-state index < -0.39 is 6.04 Å². The molecule has 1 atom stereocenters. The summed E-state index contributed by atoms with van der Waals surface area (Å²) in [4.78, 5) is 33.2. The number of carbonyl (C=O) groups is 1. The Morgan fingerprint density at radius 3 is 2.51 bits per heavy atom. The first-order valence-corrected chi connectivity index (χ1v) is 16.6. The van der Waals surface area contributed by atoms with Gasteiger partial charge in [0.2, 0.25) is 0 Å². The van der Waals surface area contributed by atoms with E-state index >= 15 is 0 Å². The van der Waals surface area contributed by atoms with Gasteiger partial charge in [-0.3, -0.25) is 14.2 Å². The van der Waals surface area contributed by atoms with E-state index in [0.717, 1.165) is 5.56 Å². The number of fused-ring (bicyclic) bond motifs is 1. The van der Waals surface area contributed by atoms with Crippen molar-refractivity contribution in [3.05, 3.63) is 149 Å². The molecule has 1 aromatic heterocycles. The summed E-state index contributed by atoms with van der Waals surface area (Å²) in [6.45, 7) is 4.30. The molecule has 0 radical (unpaired) electrons. The van der Waals surface area contributed by atoms with Crippen LogP contribution < -0.4 is 34.4 Å². The molecule has 0 fully saturated rings. The summed E-state index contributed by atoms with van der Waals surface area (Å²) in [6, 6.07) is 28.5. The van der Waals surface area contributed by atoms with Crippen LogP contribution in [-0.2, 0) is 11.4 Å². The highest BCUT2D eigenvalue weighted by Crippen LogP contribution is 2.37. The van der Waals surface area contributed by atoms with E-state index in [1.807, 2.05) is 61.5 Å². The van der Waals surface area contributed by atoms with Gasteiger partial charge in [-0.05, 0) is 73.5 Å². The van der Waals surface area contributed by atoms with E-state index in [4.69, 9.17) is 30.8 Å². The molecule has 5 aromatic rings. The van der Waals surface area contributed by atoms with Gasteiger partial charge in [0.15, 0.2) is 16.3 Å². The molecule has 1 N–H and O–H groups in total. The minimum Gasteiger partial charge on any atom is -0.494 e. The Bertz CT molecular complexity index is 2290. The van der Waals surface area contributed by atoms with Gasteiger partial charge in [-0.15, -0.1) is 0 Å². The highest BCUT2D eigenvalue weighted by Gasteiger charge is 2.32. The number of nitrogens with zero attached hydrogens (tertiary/aromatic N) is 3. The van der Waals surface area contributed by atoms with Crippen molar-refractivity contribution in [3.8, 4) is 23.3 Å². The van der Waals surface area contributed by atoms with Crippen LogP contribution in [0.3, 0.4) is 0 Å². The van der Waals surface area contributed by atoms with Crippen LogP contribution >= 0.6 is 22.9 Å². The fourth-order valence-electron chi connectivity index (χ4n) is 5.58. The fourth-order valence-corrected chi connectivity index (χ4v) is 6.90. The number of amides is 1. The van der Waals surface area contributed by atoms with Crippen LogP contribution in [-0.4, -0.2) is 24.2 Å². The number of thiazole rings is 1. The van der Waals surface area contributed by atoms with Crippen LogP contribution in [0.5, 0.6) is 17.2 Å². The normalized spacial score (nSPS) is 14.0. The summed E-state index contributed by atoms with van der Waals surface area (Å²) in [5.41, 5.74) is 3.72. The van der Waals surface area contributed by atoms with Gasteiger partial charge in [-0.25, -0.2) is 4.99 Å². The van der Waals surface area contributed by atoms with E-state index in [-0.39, 0.29) is 23.1 Å². The van der Waals surface area contributed by atoms with E-state index in [9.17, 15) is 14.9 Å². The average Bonchev–Trinajstić information content (AvgIpc) is 3.41. The van der Waals surface area contributed by atoms with Gasteiger partial charge in [-0.1, -0.05) is 71.5 Å². The monoisotopic (exact) mass is 690 g/mol. The number of halogens is 1. The van der Waals surface area contributed by atoms with Crippen molar-refractivity contribution in [2.24, 2.45) is 4.99 Å². The summed E-state index contributed by atoms with van der Waals surface area (Å²) in [7, 11) is 1.50. The van der Waals surface area contributed by atoms with Crippen molar-refractivity contribution in [1.29, 1.82) is 5.26 Å². The number of nitriles is 1. The molecule has 0 saturated carbocycles. The molecule has 0 unspecified atom stereocenters. The lowest BCUT2D eigenvalue weighted by molar-refractivity contribution is -0.113. The molecule has 9 nitrogen and oxygen atoms in total. The molecule has 49 heavy (non-hydrogen) atoms. The van der Waals surface area contributed by atoms with Crippen molar-refractivity contribution in [1.82, 2.24) is 4.57 Å². The van der Waals surface area contributed by atoms with Crippen molar-refractivity contribution in [2.45, 2.75) is 26.5 Å². The number of rotatable bonds is 10. The van der Waals surface area contributed by atoms with Crippen molar-refractivity contribution in [3.63, 3.8) is 0 Å². The SMILES string of the molecule is CCOc1ccc([C@H]2C(C(=O)Nc3ccccc3)=C(C)N=c3s/c(=C\c4cc(Cl)c(OCc5ccccc5C#N)c(OC)c4)c(=O)n32)cc1. The quantitative estimate of drug-likeness (QED) is 0.182. The second-order valence-electron chi connectivity index (χ2n) is 11.0. The predicted molar refractivity (Wildman–Crippen MR) is 190 cm³/mol. The number of benzene rings is 4. The number of hydrogen-bond donors (Lipinski definition) is 1. The van der Waals surface area contributed by atoms with Crippen LogP contribution in [0.1, 0.15) is 42.1 Å². The molecular weight excluding hydrogens is 660 g/mol. The molecule has 6 rings (SSSR count). The summed E-state index contributed by atoms with van der Waals surface area (Å²) in [5, 5.41) is 12.7. The maximum absolute atomic E-state index is 14.2. The fraction of sp³-hybridized carbons (Fsp3) is 0.158. The zero-order chi connectivity index (χ0) is 34.5. The number of hydrogen-bond acceptors (Lipinski definition) is 8. The van der Waals surface area contributed by atoms with Gasteiger partial charge in [-0.2, -0.15) is 5.26 Å². The van der Waals surface area contributed by atoms with E-state index in [2.05, 4.69) is 11.4 Å². The largest absolute Gasteiger partial charge is 0.494 e.